The molecule has 5 nitrogen and oxygen atoms in total. The molecule has 1 fully saturated rings. The minimum absolute atomic E-state index is 0.0929. The van der Waals surface area contributed by atoms with Gasteiger partial charge in [0.2, 0.25) is 5.91 Å². The first kappa shape index (κ1) is 20.0. The molecule has 0 radical (unpaired) electrons. The zero-order valence-electron chi connectivity index (χ0n) is 15.6. The number of carbonyl (C=O) groups excluding carboxylic acids is 3. The lowest BCUT2D eigenvalue weighted by atomic mass is 9.97. The summed E-state index contributed by atoms with van der Waals surface area (Å²) in [6.45, 7) is 1.46. The Balaban J connectivity index is 1.88. The molecule has 2 aromatic carbocycles. The molecule has 1 N–H and O–H groups in total. The number of allylic oxidation sites excluding steroid dienone is 1. The number of amides is 1. The number of ether oxygens (including phenoxy) is 1. The van der Waals surface area contributed by atoms with Crippen LogP contribution in [0.2, 0.25) is 0 Å². The summed E-state index contributed by atoms with van der Waals surface area (Å²) >= 11 is 3.39. The van der Waals surface area contributed by atoms with Gasteiger partial charge in [-0.1, -0.05) is 46.3 Å². The Morgan fingerprint density at radius 1 is 1.14 bits per heavy atom. The van der Waals surface area contributed by atoms with Gasteiger partial charge in [0.15, 0.2) is 11.2 Å². The SMILES string of the molecule is COC(=O)C1(C(=O)Nc2ccccc2/C=C/C(C)=O)CC1c1ccc(Br)cc1. The minimum Gasteiger partial charge on any atom is -0.468 e. The molecule has 0 saturated heterocycles. The molecule has 3 rings (SSSR count). The zero-order chi connectivity index (χ0) is 20.3. The molecule has 2 atom stereocenters. The van der Waals surface area contributed by atoms with Crippen molar-refractivity contribution in [3.63, 3.8) is 0 Å². The number of hydrogen-bond acceptors (Lipinski definition) is 4. The highest BCUT2D eigenvalue weighted by Crippen LogP contribution is 2.60. The van der Waals surface area contributed by atoms with Crippen molar-refractivity contribution < 1.29 is 19.1 Å². The highest BCUT2D eigenvalue weighted by atomic mass is 79.9. The molecule has 1 saturated carbocycles. The van der Waals surface area contributed by atoms with Crippen LogP contribution in [-0.4, -0.2) is 24.8 Å². The van der Waals surface area contributed by atoms with E-state index in [1.807, 2.05) is 30.3 Å². The Labute approximate surface area is 171 Å². The van der Waals surface area contributed by atoms with Crippen LogP contribution in [0.15, 0.2) is 59.1 Å². The average molecular weight is 442 g/mol. The fraction of sp³-hybridized carbons (Fsp3) is 0.227. The topological polar surface area (TPSA) is 72.5 Å². The fourth-order valence-electron chi connectivity index (χ4n) is 3.31. The lowest BCUT2D eigenvalue weighted by Gasteiger charge is -2.16. The Kier molecular flexibility index (Phi) is 5.79. The number of anilines is 1. The summed E-state index contributed by atoms with van der Waals surface area (Å²) in [4.78, 5) is 36.9. The van der Waals surface area contributed by atoms with Crippen LogP contribution in [0, 0.1) is 5.41 Å². The van der Waals surface area contributed by atoms with Crippen LogP contribution in [-0.2, 0) is 19.1 Å². The number of para-hydroxylation sites is 1. The number of ketones is 1. The highest BCUT2D eigenvalue weighted by molar-refractivity contribution is 9.10. The van der Waals surface area contributed by atoms with Crippen molar-refractivity contribution in [1.82, 2.24) is 0 Å². The molecule has 1 aliphatic rings. The molecule has 0 spiro atoms. The highest BCUT2D eigenvalue weighted by Gasteiger charge is 2.67. The van der Waals surface area contributed by atoms with E-state index in [1.165, 1.54) is 20.1 Å². The molecule has 0 bridgehead atoms. The lowest BCUT2D eigenvalue weighted by Crippen LogP contribution is -2.34. The van der Waals surface area contributed by atoms with Gasteiger partial charge in [-0.25, -0.2) is 0 Å². The number of rotatable bonds is 6. The number of carbonyl (C=O) groups is 3. The van der Waals surface area contributed by atoms with E-state index >= 15 is 0 Å². The fourth-order valence-corrected chi connectivity index (χ4v) is 3.57. The molecule has 144 valence electrons. The van der Waals surface area contributed by atoms with E-state index in [4.69, 9.17) is 4.74 Å². The average Bonchev–Trinajstić information content (AvgIpc) is 3.44. The zero-order valence-corrected chi connectivity index (χ0v) is 17.2. The van der Waals surface area contributed by atoms with Gasteiger partial charge in [0.05, 0.1) is 7.11 Å². The minimum atomic E-state index is -1.25. The number of hydrogen-bond donors (Lipinski definition) is 1. The lowest BCUT2D eigenvalue weighted by molar-refractivity contribution is -0.150. The Morgan fingerprint density at radius 2 is 1.82 bits per heavy atom. The summed E-state index contributed by atoms with van der Waals surface area (Å²) in [5, 5.41) is 2.85. The van der Waals surface area contributed by atoms with Crippen LogP contribution in [0.4, 0.5) is 5.69 Å². The van der Waals surface area contributed by atoms with Crippen molar-refractivity contribution in [3.8, 4) is 0 Å². The summed E-state index contributed by atoms with van der Waals surface area (Å²) in [6.07, 6.45) is 3.46. The summed E-state index contributed by atoms with van der Waals surface area (Å²) in [6, 6.07) is 14.7. The van der Waals surface area contributed by atoms with Crippen LogP contribution in [0.5, 0.6) is 0 Å². The molecule has 2 unspecified atom stereocenters. The third kappa shape index (κ3) is 3.92. The molecule has 0 aliphatic heterocycles. The first-order chi connectivity index (χ1) is 13.4. The van der Waals surface area contributed by atoms with E-state index in [1.54, 1.807) is 24.3 Å². The third-order valence-corrected chi connectivity index (χ3v) is 5.42. The van der Waals surface area contributed by atoms with Crippen molar-refractivity contribution >= 4 is 45.4 Å². The van der Waals surface area contributed by atoms with Crippen LogP contribution >= 0.6 is 15.9 Å². The van der Waals surface area contributed by atoms with Gasteiger partial charge in [0.1, 0.15) is 0 Å². The number of benzene rings is 2. The number of nitrogens with one attached hydrogen (secondary N) is 1. The second kappa shape index (κ2) is 8.10. The van der Waals surface area contributed by atoms with Crippen LogP contribution in [0.1, 0.15) is 30.4 Å². The maximum absolute atomic E-state index is 13.1. The Morgan fingerprint density at radius 3 is 2.46 bits per heavy atom. The summed E-state index contributed by atoms with van der Waals surface area (Å²) in [5.41, 5.74) is 0.884. The van der Waals surface area contributed by atoms with Gasteiger partial charge in [-0.3, -0.25) is 14.4 Å². The van der Waals surface area contributed by atoms with Crippen molar-refractivity contribution in [1.29, 1.82) is 0 Å². The molecule has 6 heteroatoms. The Hall–Kier alpha value is -2.73. The van der Waals surface area contributed by atoms with Crippen molar-refractivity contribution in [3.05, 3.63) is 70.2 Å². The van der Waals surface area contributed by atoms with E-state index in [0.717, 1.165) is 10.0 Å². The summed E-state index contributed by atoms with van der Waals surface area (Å²) in [7, 11) is 1.29. The van der Waals surface area contributed by atoms with Gasteiger partial charge in [-0.05, 0) is 54.8 Å². The van der Waals surface area contributed by atoms with E-state index < -0.39 is 17.3 Å². The molecular formula is C22H20BrNO4. The molecule has 0 heterocycles. The quantitative estimate of drug-likeness (QED) is 0.411. The molecule has 1 amide bonds. The van der Waals surface area contributed by atoms with Gasteiger partial charge >= 0.3 is 5.97 Å². The molecule has 0 aromatic heterocycles. The number of halogens is 1. The van der Waals surface area contributed by atoms with Gasteiger partial charge < -0.3 is 10.1 Å². The van der Waals surface area contributed by atoms with Gasteiger partial charge in [-0.15, -0.1) is 0 Å². The predicted octanol–water partition coefficient (Wildman–Crippen LogP) is 4.34. The van der Waals surface area contributed by atoms with E-state index in [2.05, 4.69) is 21.2 Å². The number of methoxy groups -OCH3 is 1. The van der Waals surface area contributed by atoms with E-state index in [9.17, 15) is 14.4 Å². The molecular weight excluding hydrogens is 422 g/mol. The standard InChI is InChI=1S/C22H20BrNO4/c1-14(25)7-8-16-5-3-4-6-19(16)24-20(26)22(21(27)28-2)13-18(22)15-9-11-17(23)12-10-15/h3-12,18H,13H2,1-2H3,(H,24,26)/b8-7+. The molecule has 2 aromatic rings. The van der Waals surface area contributed by atoms with Crippen LogP contribution in [0.25, 0.3) is 6.08 Å². The number of esters is 1. The van der Waals surface area contributed by atoms with E-state index in [0.29, 0.717) is 17.7 Å². The molecule has 1 aliphatic carbocycles. The smallest absolute Gasteiger partial charge is 0.322 e. The summed E-state index contributed by atoms with van der Waals surface area (Å²) < 4.78 is 5.88. The van der Waals surface area contributed by atoms with Gasteiger partial charge in [0, 0.05) is 16.1 Å². The van der Waals surface area contributed by atoms with Gasteiger partial charge in [-0.2, -0.15) is 0 Å². The Bertz CT molecular complexity index is 951. The summed E-state index contributed by atoms with van der Waals surface area (Å²) in [5.74, 6) is -1.29. The predicted molar refractivity (Wildman–Crippen MR) is 111 cm³/mol. The van der Waals surface area contributed by atoms with Gasteiger partial charge in [0.25, 0.3) is 0 Å². The molecule has 28 heavy (non-hydrogen) atoms. The largest absolute Gasteiger partial charge is 0.468 e. The maximum atomic E-state index is 13.1. The van der Waals surface area contributed by atoms with Crippen molar-refractivity contribution in [2.75, 3.05) is 12.4 Å². The van der Waals surface area contributed by atoms with Crippen LogP contribution in [0.3, 0.4) is 0 Å². The second-order valence-corrected chi connectivity index (χ2v) is 7.67. The van der Waals surface area contributed by atoms with Crippen molar-refractivity contribution in [2.45, 2.75) is 19.3 Å². The van der Waals surface area contributed by atoms with E-state index in [-0.39, 0.29) is 11.7 Å². The first-order valence-electron chi connectivity index (χ1n) is 8.81. The second-order valence-electron chi connectivity index (χ2n) is 6.76. The van der Waals surface area contributed by atoms with Crippen LogP contribution < -0.4 is 5.32 Å². The monoisotopic (exact) mass is 441 g/mol. The first-order valence-corrected chi connectivity index (χ1v) is 9.61. The maximum Gasteiger partial charge on any atom is 0.322 e. The normalized spacial score (nSPS) is 20.6. The third-order valence-electron chi connectivity index (χ3n) is 4.89. The van der Waals surface area contributed by atoms with Crippen molar-refractivity contribution in [2.24, 2.45) is 5.41 Å².